The highest BCUT2D eigenvalue weighted by Crippen LogP contribution is 2.35. The molecular formula is C20H23BrN2O3. The highest BCUT2D eigenvalue weighted by molar-refractivity contribution is 9.10. The summed E-state index contributed by atoms with van der Waals surface area (Å²) in [7, 11) is 1.56. The average molecular weight is 419 g/mol. The Morgan fingerprint density at radius 2 is 1.81 bits per heavy atom. The van der Waals surface area contributed by atoms with Crippen LogP contribution in [0, 0.1) is 0 Å². The van der Waals surface area contributed by atoms with Crippen LogP contribution in [-0.4, -0.2) is 49.1 Å². The molecule has 0 unspecified atom stereocenters. The third-order valence-corrected chi connectivity index (χ3v) is 5.33. The Labute approximate surface area is 162 Å². The van der Waals surface area contributed by atoms with Gasteiger partial charge in [0.1, 0.15) is 0 Å². The Bertz CT molecular complexity index is 784. The molecule has 5 nitrogen and oxygen atoms in total. The molecule has 0 aliphatic carbocycles. The lowest BCUT2D eigenvalue weighted by Crippen LogP contribution is -2.45. The molecule has 2 aromatic rings. The fraction of sp³-hybridized carbons (Fsp3) is 0.350. The number of piperazine rings is 1. The van der Waals surface area contributed by atoms with Crippen LogP contribution in [0.1, 0.15) is 22.8 Å². The molecular weight excluding hydrogens is 396 g/mol. The van der Waals surface area contributed by atoms with Gasteiger partial charge in [0.15, 0.2) is 17.3 Å². The normalized spacial score (nSPS) is 15.1. The monoisotopic (exact) mass is 418 g/mol. The van der Waals surface area contributed by atoms with E-state index in [1.807, 2.05) is 36.4 Å². The smallest absolute Gasteiger partial charge is 0.172 e. The highest BCUT2D eigenvalue weighted by Gasteiger charge is 2.18. The summed E-state index contributed by atoms with van der Waals surface area (Å²) in [5.41, 5.74) is 3.01. The van der Waals surface area contributed by atoms with Gasteiger partial charge < -0.3 is 14.7 Å². The van der Waals surface area contributed by atoms with E-state index < -0.39 is 0 Å². The number of carbonyl (C=O) groups is 1. The van der Waals surface area contributed by atoms with Gasteiger partial charge in [-0.15, -0.1) is 0 Å². The van der Waals surface area contributed by atoms with Gasteiger partial charge >= 0.3 is 0 Å². The number of ether oxygens (including phenoxy) is 1. The van der Waals surface area contributed by atoms with Crippen LogP contribution >= 0.6 is 15.9 Å². The molecule has 0 bridgehead atoms. The van der Waals surface area contributed by atoms with Crippen molar-refractivity contribution < 1.29 is 14.6 Å². The molecule has 1 aliphatic rings. The van der Waals surface area contributed by atoms with Gasteiger partial charge in [0.05, 0.1) is 11.6 Å². The van der Waals surface area contributed by atoms with Gasteiger partial charge in [-0.3, -0.25) is 9.69 Å². The summed E-state index contributed by atoms with van der Waals surface area (Å²) in [6.45, 7) is 6.19. The predicted octanol–water partition coefficient (Wildman–Crippen LogP) is 3.69. The van der Waals surface area contributed by atoms with Crippen LogP contribution in [0.25, 0.3) is 0 Å². The van der Waals surface area contributed by atoms with Crippen LogP contribution in [0.4, 0.5) is 5.69 Å². The molecule has 2 aromatic carbocycles. The number of hydrogen-bond acceptors (Lipinski definition) is 5. The molecule has 6 heteroatoms. The van der Waals surface area contributed by atoms with E-state index in [2.05, 4.69) is 25.7 Å². The second-order valence-corrected chi connectivity index (χ2v) is 7.35. The van der Waals surface area contributed by atoms with Crippen molar-refractivity contribution in [3.63, 3.8) is 0 Å². The largest absolute Gasteiger partial charge is 0.503 e. The molecule has 1 fully saturated rings. The number of carbonyl (C=O) groups excluding carboxylic acids is 1. The van der Waals surface area contributed by atoms with Crippen molar-refractivity contribution in [3.05, 3.63) is 52.0 Å². The van der Waals surface area contributed by atoms with Gasteiger partial charge in [-0.2, -0.15) is 0 Å². The van der Waals surface area contributed by atoms with E-state index in [0.717, 1.165) is 49.5 Å². The van der Waals surface area contributed by atoms with Crippen molar-refractivity contribution in [2.45, 2.75) is 13.5 Å². The van der Waals surface area contributed by atoms with E-state index in [1.54, 1.807) is 14.0 Å². The summed E-state index contributed by atoms with van der Waals surface area (Å²) < 4.78 is 5.88. The molecule has 0 saturated carbocycles. The fourth-order valence-electron chi connectivity index (χ4n) is 3.20. The minimum Gasteiger partial charge on any atom is -0.503 e. The Morgan fingerprint density at radius 3 is 2.38 bits per heavy atom. The summed E-state index contributed by atoms with van der Waals surface area (Å²) in [4.78, 5) is 16.1. The molecule has 26 heavy (non-hydrogen) atoms. The van der Waals surface area contributed by atoms with Crippen molar-refractivity contribution in [1.82, 2.24) is 4.90 Å². The van der Waals surface area contributed by atoms with Gasteiger partial charge in [0, 0.05) is 44.0 Å². The summed E-state index contributed by atoms with van der Waals surface area (Å²) in [6, 6.07) is 11.6. The van der Waals surface area contributed by atoms with Crippen molar-refractivity contribution in [1.29, 1.82) is 0 Å². The summed E-state index contributed by atoms with van der Waals surface area (Å²) in [5, 5.41) is 9.93. The highest BCUT2D eigenvalue weighted by atomic mass is 79.9. The maximum atomic E-state index is 11.4. The van der Waals surface area contributed by atoms with Crippen molar-refractivity contribution in [2.75, 3.05) is 38.2 Å². The van der Waals surface area contributed by atoms with Crippen LogP contribution in [0.3, 0.4) is 0 Å². The first-order valence-electron chi connectivity index (χ1n) is 8.61. The predicted molar refractivity (Wildman–Crippen MR) is 106 cm³/mol. The molecule has 0 amide bonds. The molecule has 1 heterocycles. The number of anilines is 1. The maximum Gasteiger partial charge on any atom is 0.172 e. The van der Waals surface area contributed by atoms with E-state index in [4.69, 9.17) is 4.74 Å². The van der Waals surface area contributed by atoms with Crippen LogP contribution in [0.2, 0.25) is 0 Å². The van der Waals surface area contributed by atoms with Crippen LogP contribution in [-0.2, 0) is 6.54 Å². The number of nitrogens with zero attached hydrogens (tertiary/aromatic N) is 2. The summed E-state index contributed by atoms with van der Waals surface area (Å²) in [5.74, 6) is 0.713. The van der Waals surface area contributed by atoms with Crippen molar-refractivity contribution >= 4 is 27.4 Å². The number of aromatic hydroxyl groups is 1. The van der Waals surface area contributed by atoms with Gasteiger partial charge in [-0.1, -0.05) is 0 Å². The van der Waals surface area contributed by atoms with E-state index in [9.17, 15) is 9.90 Å². The van der Waals surface area contributed by atoms with Crippen LogP contribution in [0.5, 0.6) is 11.5 Å². The van der Waals surface area contributed by atoms with E-state index in [0.29, 0.717) is 10.2 Å². The van der Waals surface area contributed by atoms with Gasteiger partial charge in [0.2, 0.25) is 0 Å². The molecule has 3 rings (SSSR count). The number of ketones is 1. The first-order chi connectivity index (χ1) is 12.5. The molecule has 0 spiro atoms. The molecule has 0 radical (unpaired) electrons. The molecule has 0 aromatic heterocycles. The number of halogens is 1. The molecule has 1 saturated heterocycles. The number of methoxy groups -OCH3 is 1. The number of phenols is 1. The zero-order chi connectivity index (χ0) is 18.7. The van der Waals surface area contributed by atoms with Crippen LogP contribution < -0.4 is 9.64 Å². The minimum absolute atomic E-state index is 0.0943. The maximum absolute atomic E-state index is 11.4. The van der Waals surface area contributed by atoms with Crippen molar-refractivity contribution in [3.8, 4) is 11.5 Å². The van der Waals surface area contributed by atoms with Crippen molar-refractivity contribution in [2.24, 2.45) is 0 Å². The Hall–Kier alpha value is -2.05. The Kier molecular flexibility index (Phi) is 5.84. The zero-order valence-corrected chi connectivity index (χ0v) is 16.6. The van der Waals surface area contributed by atoms with Gasteiger partial charge in [-0.25, -0.2) is 0 Å². The first-order valence-corrected chi connectivity index (χ1v) is 9.41. The lowest BCUT2D eigenvalue weighted by Gasteiger charge is -2.36. The number of hydrogen-bond donors (Lipinski definition) is 1. The van der Waals surface area contributed by atoms with Crippen LogP contribution in [0.15, 0.2) is 40.9 Å². The third kappa shape index (κ3) is 4.19. The number of Topliss-reactive ketones (excluding diaryl/α,β-unsaturated/α-hetero) is 1. The SMILES string of the molecule is COc1cc(CN2CCN(c3ccc(C(C)=O)cc3)CC2)cc(Br)c1O. The number of phenolic OH excluding ortho intramolecular Hbond substituents is 1. The average Bonchev–Trinajstić information content (AvgIpc) is 2.65. The molecule has 0 atom stereocenters. The third-order valence-electron chi connectivity index (χ3n) is 4.73. The second kappa shape index (κ2) is 8.10. The molecule has 138 valence electrons. The van der Waals surface area contributed by atoms with Gasteiger partial charge in [0.25, 0.3) is 0 Å². The summed E-state index contributed by atoms with van der Waals surface area (Å²) >= 11 is 3.38. The Morgan fingerprint density at radius 1 is 1.15 bits per heavy atom. The molecule has 1 N–H and O–H groups in total. The van der Waals surface area contributed by atoms with Gasteiger partial charge in [-0.05, 0) is 64.8 Å². The van der Waals surface area contributed by atoms with E-state index in [1.165, 1.54) is 0 Å². The topological polar surface area (TPSA) is 53.0 Å². The number of benzene rings is 2. The quantitative estimate of drug-likeness (QED) is 0.750. The van der Waals surface area contributed by atoms with E-state index in [-0.39, 0.29) is 11.5 Å². The minimum atomic E-state index is 0.0943. The second-order valence-electron chi connectivity index (χ2n) is 6.49. The lowest BCUT2D eigenvalue weighted by molar-refractivity contribution is 0.101. The molecule has 1 aliphatic heterocycles. The zero-order valence-electron chi connectivity index (χ0n) is 15.0. The lowest BCUT2D eigenvalue weighted by atomic mass is 10.1. The fourth-order valence-corrected chi connectivity index (χ4v) is 3.69. The van der Waals surface area contributed by atoms with E-state index >= 15 is 0 Å². The standard InChI is InChI=1S/C20H23BrN2O3/c1-14(24)16-3-5-17(6-4-16)23-9-7-22(8-10-23)13-15-11-18(21)20(25)19(12-15)26-2/h3-6,11-12,25H,7-10,13H2,1-2H3. The number of rotatable bonds is 5. The first kappa shape index (κ1) is 18.7. The summed E-state index contributed by atoms with van der Waals surface area (Å²) in [6.07, 6.45) is 0. The Balaban J connectivity index is 1.60.